The Morgan fingerprint density at radius 2 is 1.76 bits per heavy atom. The van der Waals surface area contributed by atoms with Crippen LogP contribution in [0.15, 0.2) is 11.6 Å². The fraction of sp³-hybridized carbons (Fsp3) is 0.667. The number of carboxylic acids is 1. The third-order valence-corrected chi connectivity index (χ3v) is 2.57. The molecule has 1 N–H and O–H groups in total. The van der Waals surface area contributed by atoms with Crippen LogP contribution in [0.1, 0.15) is 20.8 Å². The van der Waals surface area contributed by atoms with Crippen molar-refractivity contribution in [2.24, 2.45) is 0 Å². The van der Waals surface area contributed by atoms with Crippen molar-refractivity contribution in [3.63, 3.8) is 0 Å². The summed E-state index contributed by atoms with van der Waals surface area (Å²) in [5.41, 5.74) is 0.298. The largest absolute Gasteiger partial charge is 0.478 e. The quantitative estimate of drug-likeness (QED) is 0.671. The Hall–Kier alpha value is -1.36. The summed E-state index contributed by atoms with van der Waals surface area (Å²) >= 11 is 0. The highest BCUT2D eigenvalue weighted by Gasteiger charge is 2.11. The minimum Gasteiger partial charge on any atom is -0.478 e. The van der Waals surface area contributed by atoms with Crippen LogP contribution in [0.25, 0.3) is 0 Å². The zero-order valence-corrected chi connectivity index (χ0v) is 11.1. The maximum absolute atomic E-state index is 11.7. The Bertz CT molecular complexity index is 296. The van der Waals surface area contributed by atoms with E-state index in [4.69, 9.17) is 5.11 Å². The molecule has 0 aliphatic heterocycles. The van der Waals surface area contributed by atoms with Crippen LogP contribution in [0.3, 0.4) is 0 Å². The predicted molar refractivity (Wildman–Crippen MR) is 66.8 cm³/mol. The summed E-state index contributed by atoms with van der Waals surface area (Å²) in [4.78, 5) is 25.9. The number of hydrogen-bond donors (Lipinski definition) is 1. The molecule has 0 heterocycles. The number of aliphatic carboxylic acids is 1. The van der Waals surface area contributed by atoms with Crippen LogP contribution in [0.4, 0.5) is 0 Å². The van der Waals surface area contributed by atoms with Gasteiger partial charge in [0.2, 0.25) is 5.91 Å². The Morgan fingerprint density at radius 3 is 2.18 bits per heavy atom. The van der Waals surface area contributed by atoms with Gasteiger partial charge in [0.1, 0.15) is 0 Å². The molecule has 0 bridgehead atoms. The highest BCUT2D eigenvalue weighted by atomic mass is 16.4. The third-order valence-electron chi connectivity index (χ3n) is 2.57. The number of amides is 1. The van der Waals surface area contributed by atoms with Crippen LogP contribution in [-0.2, 0) is 9.59 Å². The lowest BCUT2D eigenvalue weighted by atomic mass is 10.3. The predicted octanol–water partition coefficient (Wildman–Crippen LogP) is 0.817. The molecule has 17 heavy (non-hydrogen) atoms. The molecular formula is C12H22N2O3. The van der Waals surface area contributed by atoms with Gasteiger partial charge in [-0.25, -0.2) is 4.79 Å². The van der Waals surface area contributed by atoms with Crippen molar-refractivity contribution in [3.05, 3.63) is 11.6 Å². The Morgan fingerprint density at radius 1 is 1.24 bits per heavy atom. The first kappa shape index (κ1) is 15.6. The van der Waals surface area contributed by atoms with Crippen LogP contribution in [0.5, 0.6) is 0 Å². The van der Waals surface area contributed by atoms with Crippen molar-refractivity contribution in [1.29, 1.82) is 0 Å². The van der Waals surface area contributed by atoms with Gasteiger partial charge in [0.15, 0.2) is 0 Å². The number of carboxylic acid groups (broad SMARTS) is 1. The van der Waals surface area contributed by atoms with E-state index < -0.39 is 5.97 Å². The van der Waals surface area contributed by atoms with Crippen molar-refractivity contribution < 1.29 is 14.7 Å². The van der Waals surface area contributed by atoms with Gasteiger partial charge < -0.3 is 10.0 Å². The average molecular weight is 242 g/mol. The van der Waals surface area contributed by atoms with Gasteiger partial charge in [-0.2, -0.15) is 0 Å². The molecule has 0 aromatic carbocycles. The molecule has 0 radical (unpaired) electrons. The number of nitrogens with zero attached hydrogens (tertiary/aromatic N) is 2. The highest BCUT2D eigenvalue weighted by Crippen LogP contribution is 1.96. The summed E-state index contributed by atoms with van der Waals surface area (Å²) in [5.74, 6) is -0.854. The summed E-state index contributed by atoms with van der Waals surface area (Å²) in [6.45, 7) is 7.60. The monoisotopic (exact) mass is 242 g/mol. The molecule has 0 aliphatic rings. The van der Waals surface area contributed by atoms with Crippen LogP contribution in [0.2, 0.25) is 0 Å². The summed E-state index contributed by atoms with van der Waals surface area (Å²) in [7, 11) is 1.80. The second kappa shape index (κ2) is 7.84. The molecule has 0 spiro atoms. The third kappa shape index (κ3) is 6.06. The first-order valence-electron chi connectivity index (χ1n) is 5.78. The first-order valence-corrected chi connectivity index (χ1v) is 5.78. The second-order valence-corrected chi connectivity index (χ2v) is 3.96. The van der Waals surface area contributed by atoms with Gasteiger partial charge in [-0.3, -0.25) is 9.69 Å². The van der Waals surface area contributed by atoms with Gasteiger partial charge in [0.25, 0.3) is 0 Å². The van der Waals surface area contributed by atoms with E-state index >= 15 is 0 Å². The second-order valence-electron chi connectivity index (χ2n) is 3.96. The van der Waals surface area contributed by atoms with Gasteiger partial charge in [0, 0.05) is 25.2 Å². The maximum atomic E-state index is 11.7. The minimum absolute atomic E-state index is 0.0684. The van der Waals surface area contributed by atoms with E-state index in [1.54, 1.807) is 29.8 Å². The van der Waals surface area contributed by atoms with Crippen LogP contribution in [0, 0.1) is 0 Å². The topological polar surface area (TPSA) is 60.9 Å². The van der Waals surface area contributed by atoms with Crippen molar-refractivity contribution in [2.75, 3.05) is 33.2 Å². The fourth-order valence-corrected chi connectivity index (χ4v) is 1.35. The summed E-state index contributed by atoms with van der Waals surface area (Å²) in [6.07, 6.45) is 1.61. The Balaban J connectivity index is 4.18. The molecule has 0 rings (SSSR count). The molecule has 0 saturated carbocycles. The Kier molecular flexibility index (Phi) is 7.21. The van der Waals surface area contributed by atoms with Gasteiger partial charge in [-0.15, -0.1) is 0 Å². The lowest BCUT2D eigenvalue weighted by molar-refractivity contribution is -0.132. The van der Waals surface area contributed by atoms with Crippen molar-refractivity contribution in [1.82, 2.24) is 9.80 Å². The van der Waals surface area contributed by atoms with Crippen LogP contribution < -0.4 is 0 Å². The van der Waals surface area contributed by atoms with Crippen molar-refractivity contribution in [3.8, 4) is 0 Å². The van der Waals surface area contributed by atoms with Crippen molar-refractivity contribution >= 4 is 11.9 Å². The number of carbonyl (C=O) groups excluding carboxylic acids is 1. The van der Waals surface area contributed by atoms with Crippen LogP contribution >= 0.6 is 0 Å². The normalized spacial score (nSPS) is 11.7. The van der Waals surface area contributed by atoms with E-state index in [2.05, 4.69) is 0 Å². The van der Waals surface area contributed by atoms with E-state index in [0.29, 0.717) is 31.8 Å². The molecule has 0 atom stereocenters. The number of carbonyl (C=O) groups is 2. The highest BCUT2D eigenvalue weighted by molar-refractivity contribution is 5.85. The summed E-state index contributed by atoms with van der Waals surface area (Å²) < 4.78 is 0. The lowest BCUT2D eigenvalue weighted by Crippen LogP contribution is -2.38. The maximum Gasteiger partial charge on any atom is 0.330 e. The van der Waals surface area contributed by atoms with Crippen LogP contribution in [-0.4, -0.2) is 60.0 Å². The van der Waals surface area contributed by atoms with Gasteiger partial charge >= 0.3 is 5.97 Å². The molecule has 0 saturated heterocycles. The SMILES string of the molecule is CCN(CC)C(=O)CN(C)CC=C(C)C(=O)O. The van der Waals surface area contributed by atoms with E-state index in [-0.39, 0.29) is 5.91 Å². The zero-order chi connectivity index (χ0) is 13.4. The lowest BCUT2D eigenvalue weighted by Gasteiger charge is -2.22. The number of likely N-dealkylation sites (N-methyl/N-ethyl adjacent to an activating group) is 2. The molecule has 98 valence electrons. The molecule has 0 aromatic rings. The summed E-state index contributed by atoms with van der Waals surface area (Å²) in [6, 6.07) is 0. The fourth-order valence-electron chi connectivity index (χ4n) is 1.35. The van der Waals surface area contributed by atoms with E-state index in [9.17, 15) is 9.59 Å². The van der Waals surface area contributed by atoms with Gasteiger partial charge in [0.05, 0.1) is 6.54 Å². The molecular weight excluding hydrogens is 220 g/mol. The first-order chi connectivity index (χ1) is 7.92. The van der Waals surface area contributed by atoms with Crippen molar-refractivity contribution in [2.45, 2.75) is 20.8 Å². The summed E-state index contributed by atoms with van der Waals surface area (Å²) in [5, 5.41) is 8.68. The molecule has 0 aliphatic carbocycles. The van der Waals surface area contributed by atoms with E-state index in [1.165, 1.54) is 0 Å². The van der Waals surface area contributed by atoms with E-state index in [0.717, 1.165) is 0 Å². The van der Waals surface area contributed by atoms with E-state index in [1.807, 2.05) is 13.8 Å². The van der Waals surface area contributed by atoms with Gasteiger partial charge in [-0.1, -0.05) is 6.08 Å². The molecule has 0 aromatic heterocycles. The minimum atomic E-state index is -0.923. The Labute approximate surface area is 103 Å². The molecule has 5 nitrogen and oxygen atoms in total. The molecule has 1 amide bonds. The average Bonchev–Trinajstić information content (AvgIpc) is 2.27. The standard InChI is InChI=1S/C12H22N2O3/c1-5-14(6-2)11(15)9-13(4)8-7-10(3)12(16)17/h7H,5-6,8-9H2,1-4H3,(H,16,17). The smallest absolute Gasteiger partial charge is 0.330 e. The molecule has 0 unspecified atom stereocenters. The number of hydrogen-bond acceptors (Lipinski definition) is 3. The molecule has 5 heteroatoms. The van der Waals surface area contributed by atoms with Gasteiger partial charge in [-0.05, 0) is 27.8 Å². The molecule has 0 fully saturated rings. The number of rotatable bonds is 7. The zero-order valence-electron chi connectivity index (χ0n) is 11.1.